The number of hydrogen-bond donors (Lipinski definition) is 1. The molecule has 9 heteroatoms. The number of aromatic nitrogens is 1. The normalized spacial score (nSPS) is 11.3. The van der Waals surface area contributed by atoms with Gasteiger partial charge in [-0.15, -0.1) is 0 Å². The average Bonchev–Trinajstić information content (AvgIpc) is 3.02. The first-order valence-electron chi connectivity index (χ1n) is 13.4. The molecule has 1 amide bonds. The van der Waals surface area contributed by atoms with Crippen molar-refractivity contribution in [1.29, 1.82) is 5.26 Å². The highest BCUT2D eigenvalue weighted by atomic mass is 32.2. The zero-order valence-electron chi connectivity index (χ0n) is 23.9. The van der Waals surface area contributed by atoms with Gasteiger partial charge in [-0.3, -0.25) is 4.79 Å². The Hall–Kier alpha value is -4.55. The maximum atomic E-state index is 14.2. The molecule has 1 N–H and O–H groups in total. The Labute approximate surface area is 249 Å². The molecular weight excluding hydrogens is 553 g/mol. The zero-order valence-corrected chi connectivity index (χ0v) is 24.8. The van der Waals surface area contributed by atoms with Crippen LogP contribution in [0.5, 0.6) is 17.2 Å². The lowest BCUT2D eigenvalue weighted by Crippen LogP contribution is -2.33. The van der Waals surface area contributed by atoms with E-state index in [1.165, 1.54) is 23.9 Å². The number of halogens is 1. The van der Waals surface area contributed by atoms with E-state index in [0.29, 0.717) is 64.0 Å². The number of nitrogens with one attached hydrogen (secondary N) is 1. The summed E-state index contributed by atoms with van der Waals surface area (Å²) in [5.41, 5.74) is 3.78. The van der Waals surface area contributed by atoms with E-state index in [2.05, 4.69) is 11.4 Å². The summed E-state index contributed by atoms with van der Waals surface area (Å²) in [7, 11) is 4.76. The molecule has 1 aromatic heterocycles. The second kappa shape index (κ2) is 14.4. The Morgan fingerprint density at radius 2 is 1.74 bits per heavy atom. The van der Waals surface area contributed by atoms with E-state index in [1.54, 1.807) is 39.5 Å². The highest BCUT2D eigenvalue weighted by Gasteiger charge is 2.23. The summed E-state index contributed by atoms with van der Waals surface area (Å²) in [6, 6.07) is 23.2. The van der Waals surface area contributed by atoms with Crippen LogP contribution in [0.1, 0.15) is 24.5 Å². The highest BCUT2D eigenvalue weighted by molar-refractivity contribution is 8.00. The van der Waals surface area contributed by atoms with Crippen LogP contribution in [0, 0.1) is 17.1 Å². The van der Waals surface area contributed by atoms with Gasteiger partial charge in [-0.2, -0.15) is 5.26 Å². The molecule has 0 saturated heterocycles. The summed E-state index contributed by atoms with van der Waals surface area (Å²) in [6.45, 7) is 2.34. The van der Waals surface area contributed by atoms with Crippen LogP contribution in [0.4, 0.5) is 4.39 Å². The number of hydrogen-bond acceptors (Lipinski definition) is 7. The van der Waals surface area contributed by atoms with E-state index in [-0.39, 0.29) is 5.91 Å². The zero-order chi connectivity index (χ0) is 30.1. The molecule has 216 valence electrons. The van der Waals surface area contributed by atoms with Crippen LogP contribution in [-0.2, 0) is 11.2 Å². The molecular formula is C33H32FN3O4S. The topological polar surface area (TPSA) is 93.5 Å². The first-order valence-corrected chi connectivity index (χ1v) is 14.3. The standard InChI is InChI=1S/C33H32FN3O4S/c1-5-31(32(38)36-16-15-21-9-14-29(40-3)30(17-21)41-4)42-33-27(20-35)26(23-7-6-8-24(34)18-23)19-28(37-33)22-10-12-25(39-2)13-11-22/h6-14,17-19,31H,5,15-16H2,1-4H3,(H,36,38). The third-order valence-electron chi connectivity index (χ3n) is 6.70. The second-order valence-corrected chi connectivity index (χ2v) is 10.5. The van der Waals surface area contributed by atoms with Crippen LogP contribution in [-0.4, -0.2) is 44.0 Å². The summed E-state index contributed by atoms with van der Waals surface area (Å²) in [5.74, 6) is 1.40. The van der Waals surface area contributed by atoms with Crippen molar-refractivity contribution < 1.29 is 23.4 Å². The molecule has 4 aromatic rings. The fourth-order valence-electron chi connectivity index (χ4n) is 4.45. The Balaban J connectivity index is 1.61. The van der Waals surface area contributed by atoms with Crippen molar-refractivity contribution in [1.82, 2.24) is 10.3 Å². The maximum absolute atomic E-state index is 14.2. The summed E-state index contributed by atoms with van der Waals surface area (Å²) in [5, 5.41) is 13.1. The van der Waals surface area contributed by atoms with Crippen LogP contribution < -0.4 is 19.5 Å². The molecule has 0 bridgehead atoms. The number of nitrogens with zero attached hydrogens (tertiary/aromatic N) is 2. The molecule has 1 unspecified atom stereocenters. The molecule has 7 nitrogen and oxygen atoms in total. The Morgan fingerprint density at radius 1 is 0.976 bits per heavy atom. The van der Waals surface area contributed by atoms with Gasteiger partial charge in [0, 0.05) is 17.7 Å². The lowest BCUT2D eigenvalue weighted by Gasteiger charge is -2.18. The SMILES string of the molecule is CCC(Sc1nc(-c2ccc(OC)cc2)cc(-c2cccc(F)c2)c1C#N)C(=O)NCCc1ccc(OC)c(OC)c1. The van der Waals surface area contributed by atoms with Crippen molar-refractivity contribution in [3.63, 3.8) is 0 Å². The van der Waals surface area contributed by atoms with Gasteiger partial charge >= 0.3 is 0 Å². The van der Waals surface area contributed by atoms with E-state index in [1.807, 2.05) is 49.4 Å². The molecule has 0 saturated carbocycles. The predicted octanol–water partition coefficient (Wildman–Crippen LogP) is 6.68. The van der Waals surface area contributed by atoms with Gasteiger partial charge in [0.2, 0.25) is 5.91 Å². The van der Waals surface area contributed by atoms with Crippen molar-refractivity contribution in [3.05, 3.63) is 89.7 Å². The first kappa shape index (κ1) is 30.4. The smallest absolute Gasteiger partial charge is 0.233 e. The second-order valence-electron chi connectivity index (χ2n) is 9.33. The van der Waals surface area contributed by atoms with E-state index in [0.717, 1.165) is 11.1 Å². The minimum absolute atomic E-state index is 0.157. The lowest BCUT2D eigenvalue weighted by atomic mass is 9.99. The molecule has 1 atom stereocenters. The summed E-state index contributed by atoms with van der Waals surface area (Å²) >= 11 is 1.23. The summed E-state index contributed by atoms with van der Waals surface area (Å²) < 4.78 is 30.2. The number of amides is 1. The monoisotopic (exact) mass is 585 g/mol. The Morgan fingerprint density at radius 3 is 2.38 bits per heavy atom. The largest absolute Gasteiger partial charge is 0.497 e. The van der Waals surface area contributed by atoms with Gasteiger partial charge < -0.3 is 19.5 Å². The van der Waals surface area contributed by atoms with E-state index >= 15 is 0 Å². The number of carbonyl (C=O) groups is 1. The molecule has 0 aliphatic carbocycles. The van der Waals surface area contributed by atoms with Crippen LogP contribution in [0.2, 0.25) is 0 Å². The maximum Gasteiger partial charge on any atom is 0.233 e. The fourth-order valence-corrected chi connectivity index (χ4v) is 5.50. The lowest BCUT2D eigenvalue weighted by molar-refractivity contribution is -0.120. The summed E-state index contributed by atoms with van der Waals surface area (Å²) in [4.78, 5) is 18.1. The molecule has 1 heterocycles. The molecule has 42 heavy (non-hydrogen) atoms. The van der Waals surface area contributed by atoms with Crippen LogP contribution in [0.3, 0.4) is 0 Å². The number of ether oxygens (including phenoxy) is 3. The van der Waals surface area contributed by atoms with Crippen LogP contribution >= 0.6 is 11.8 Å². The number of methoxy groups -OCH3 is 3. The van der Waals surface area contributed by atoms with Gasteiger partial charge in [0.05, 0.1) is 37.8 Å². The minimum atomic E-state index is -0.499. The van der Waals surface area contributed by atoms with Crippen molar-refractivity contribution >= 4 is 17.7 Å². The Kier molecular flexibility index (Phi) is 10.4. The third-order valence-corrected chi connectivity index (χ3v) is 8.05. The number of pyridine rings is 1. The van der Waals surface area contributed by atoms with Gasteiger partial charge in [-0.1, -0.05) is 36.9 Å². The minimum Gasteiger partial charge on any atom is -0.497 e. The van der Waals surface area contributed by atoms with Gasteiger partial charge in [-0.25, -0.2) is 9.37 Å². The van der Waals surface area contributed by atoms with Gasteiger partial charge in [-0.05, 0) is 78.6 Å². The van der Waals surface area contributed by atoms with Crippen molar-refractivity contribution in [2.24, 2.45) is 0 Å². The number of carbonyl (C=O) groups excluding carboxylic acids is 1. The van der Waals surface area contributed by atoms with E-state index in [4.69, 9.17) is 19.2 Å². The Bertz CT molecular complexity index is 1590. The molecule has 0 spiro atoms. The fraction of sp³-hybridized carbons (Fsp3) is 0.242. The molecule has 0 aliphatic heterocycles. The molecule has 3 aromatic carbocycles. The quantitative estimate of drug-likeness (QED) is 0.185. The van der Waals surface area contributed by atoms with Crippen LogP contribution in [0.25, 0.3) is 22.4 Å². The molecule has 4 rings (SSSR count). The highest BCUT2D eigenvalue weighted by Crippen LogP contribution is 2.37. The number of benzene rings is 3. The summed E-state index contributed by atoms with van der Waals surface area (Å²) in [6.07, 6.45) is 1.12. The third kappa shape index (κ3) is 7.20. The first-order chi connectivity index (χ1) is 20.4. The van der Waals surface area contributed by atoms with Gasteiger partial charge in [0.15, 0.2) is 11.5 Å². The number of thioether (sulfide) groups is 1. The van der Waals surface area contributed by atoms with Gasteiger partial charge in [0.25, 0.3) is 0 Å². The van der Waals surface area contributed by atoms with Crippen molar-refractivity contribution in [2.75, 3.05) is 27.9 Å². The number of rotatable bonds is 12. The van der Waals surface area contributed by atoms with E-state index in [9.17, 15) is 14.4 Å². The molecule has 0 fully saturated rings. The van der Waals surface area contributed by atoms with Gasteiger partial charge in [0.1, 0.15) is 22.7 Å². The average molecular weight is 586 g/mol. The number of nitriles is 1. The van der Waals surface area contributed by atoms with Crippen LogP contribution in [0.15, 0.2) is 77.8 Å². The molecule has 0 radical (unpaired) electrons. The van der Waals surface area contributed by atoms with Crippen molar-refractivity contribution in [2.45, 2.75) is 30.0 Å². The predicted molar refractivity (Wildman–Crippen MR) is 163 cm³/mol. The molecule has 0 aliphatic rings. The van der Waals surface area contributed by atoms with E-state index < -0.39 is 11.1 Å². The van der Waals surface area contributed by atoms with Crippen molar-refractivity contribution in [3.8, 4) is 45.7 Å².